The summed E-state index contributed by atoms with van der Waals surface area (Å²) in [6, 6.07) is 13.1. The Morgan fingerprint density at radius 3 is 2.33 bits per heavy atom. The molecule has 2 nitrogen and oxygen atoms in total. The number of nitrogens with zero attached hydrogens (tertiary/aromatic N) is 1. The summed E-state index contributed by atoms with van der Waals surface area (Å²) >= 11 is 0. The van der Waals surface area contributed by atoms with E-state index in [2.05, 4.69) is 6.07 Å². The third kappa shape index (κ3) is 3.78. The zero-order valence-electron chi connectivity index (χ0n) is 13.1. The molecule has 126 valence electrons. The number of rotatable bonds is 3. The van der Waals surface area contributed by atoms with Gasteiger partial charge in [0.2, 0.25) is 5.91 Å². The molecule has 0 spiro atoms. The summed E-state index contributed by atoms with van der Waals surface area (Å²) in [5.41, 5.74) is 2.54. The Bertz CT molecular complexity index is 722. The zero-order chi connectivity index (χ0) is 17.2. The number of amides is 1. The van der Waals surface area contributed by atoms with Crippen LogP contribution in [0, 0.1) is 0 Å². The standard InChI is InChI=1S/C19H18F3NO/c20-19(21,22)17-8-5-14(6-9-17)7-10-18(24)23-12-11-15-3-1-2-4-16(15)13-23/h1-6,8-9H,7,10-13H2. The van der Waals surface area contributed by atoms with Gasteiger partial charge in [-0.25, -0.2) is 0 Å². The van der Waals surface area contributed by atoms with Crippen LogP contribution in [0.5, 0.6) is 0 Å². The van der Waals surface area contributed by atoms with Gasteiger partial charge in [0.1, 0.15) is 0 Å². The number of carbonyl (C=O) groups excluding carboxylic acids is 1. The van der Waals surface area contributed by atoms with Crippen LogP contribution >= 0.6 is 0 Å². The molecular formula is C19H18F3NO. The van der Waals surface area contributed by atoms with Gasteiger partial charge in [0.05, 0.1) is 5.56 Å². The van der Waals surface area contributed by atoms with Crippen LogP contribution in [-0.4, -0.2) is 17.4 Å². The quantitative estimate of drug-likeness (QED) is 0.823. The van der Waals surface area contributed by atoms with Gasteiger partial charge in [-0.05, 0) is 41.7 Å². The predicted octanol–water partition coefficient (Wildman–Crippen LogP) is 4.22. The molecule has 0 unspecified atom stereocenters. The van der Waals surface area contributed by atoms with E-state index >= 15 is 0 Å². The Morgan fingerprint density at radius 2 is 1.67 bits per heavy atom. The van der Waals surface area contributed by atoms with Crippen molar-refractivity contribution >= 4 is 5.91 Å². The largest absolute Gasteiger partial charge is 0.416 e. The van der Waals surface area contributed by atoms with Crippen molar-refractivity contribution in [3.8, 4) is 0 Å². The molecule has 0 radical (unpaired) electrons. The number of alkyl halides is 3. The highest BCUT2D eigenvalue weighted by atomic mass is 19.4. The number of carbonyl (C=O) groups is 1. The lowest BCUT2D eigenvalue weighted by Gasteiger charge is -2.29. The first-order valence-electron chi connectivity index (χ1n) is 7.94. The van der Waals surface area contributed by atoms with Gasteiger partial charge < -0.3 is 4.90 Å². The summed E-state index contributed by atoms with van der Waals surface area (Å²) in [6.45, 7) is 1.31. The molecule has 0 saturated carbocycles. The van der Waals surface area contributed by atoms with Gasteiger partial charge in [-0.2, -0.15) is 13.2 Å². The number of hydrogen-bond donors (Lipinski definition) is 0. The van der Waals surface area contributed by atoms with Crippen LogP contribution in [0.4, 0.5) is 13.2 Å². The number of halogens is 3. The van der Waals surface area contributed by atoms with Crippen LogP contribution in [0.1, 0.15) is 28.7 Å². The summed E-state index contributed by atoms with van der Waals surface area (Å²) in [7, 11) is 0. The Labute approximate surface area is 138 Å². The molecule has 0 aliphatic carbocycles. The van der Waals surface area contributed by atoms with Gasteiger partial charge in [0.15, 0.2) is 0 Å². The second kappa shape index (κ2) is 6.67. The van der Waals surface area contributed by atoms with Crippen molar-refractivity contribution in [2.75, 3.05) is 6.54 Å². The van der Waals surface area contributed by atoms with Crippen molar-refractivity contribution in [3.63, 3.8) is 0 Å². The lowest BCUT2D eigenvalue weighted by Crippen LogP contribution is -2.36. The molecule has 5 heteroatoms. The van der Waals surface area contributed by atoms with E-state index in [0.29, 0.717) is 25.9 Å². The number of benzene rings is 2. The van der Waals surface area contributed by atoms with Crippen molar-refractivity contribution < 1.29 is 18.0 Å². The van der Waals surface area contributed by atoms with E-state index in [9.17, 15) is 18.0 Å². The second-order valence-corrected chi connectivity index (χ2v) is 6.03. The molecule has 1 heterocycles. The van der Waals surface area contributed by atoms with Crippen LogP contribution in [0.2, 0.25) is 0 Å². The third-order valence-corrected chi connectivity index (χ3v) is 4.39. The Balaban J connectivity index is 1.56. The Hall–Kier alpha value is -2.30. The molecule has 1 aliphatic heterocycles. The normalized spacial score (nSPS) is 14.4. The van der Waals surface area contributed by atoms with E-state index < -0.39 is 11.7 Å². The van der Waals surface area contributed by atoms with E-state index in [1.54, 1.807) is 0 Å². The van der Waals surface area contributed by atoms with Crippen molar-refractivity contribution in [2.24, 2.45) is 0 Å². The van der Waals surface area contributed by atoms with E-state index in [0.717, 1.165) is 24.1 Å². The monoisotopic (exact) mass is 333 g/mol. The SMILES string of the molecule is O=C(CCc1ccc(C(F)(F)F)cc1)N1CCc2ccccc2C1. The van der Waals surface area contributed by atoms with Gasteiger partial charge in [-0.15, -0.1) is 0 Å². The highest BCUT2D eigenvalue weighted by Crippen LogP contribution is 2.29. The molecule has 2 aromatic rings. The van der Waals surface area contributed by atoms with Crippen molar-refractivity contribution in [1.29, 1.82) is 0 Å². The van der Waals surface area contributed by atoms with Crippen LogP contribution in [0.3, 0.4) is 0 Å². The summed E-state index contributed by atoms with van der Waals surface area (Å²) in [6.07, 6.45) is -2.71. The van der Waals surface area contributed by atoms with Crippen molar-refractivity contribution in [3.05, 3.63) is 70.8 Å². The van der Waals surface area contributed by atoms with Crippen LogP contribution in [-0.2, 0) is 30.4 Å². The fraction of sp³-hybridized carbons (Fsp3) is 0.316. The molecule has 1 amide bonds. The molecule has 0 bridgehead atoms. The molecule has 3 rings (SSSR count). The first-order valence-corrected chi connectivity index (χ1v) is 7.94. The maximum absolute atomic E-state index is 12.5. The van der Waals surface area contributed by atoms with Crippen LogP contribution in [0.15, 0.2) is 48.5 Å². The molecule has 0 saturated heterocycles. The van der Waals surface area contributed by atoms with Gasteiger partial charge in [0, 0.05) is 19.5 Å². The molecular weight excluding hydrogens is 315 g/mol. The Kier molecular flexibility index (Phi) is 4.60. The first kappa shape index (κ1) is 16.6. The number of aryl methyl sites for hydroxylation is 1. The van der Waals surface area contributed by atoms with E-state index in [-0.39, 0.29) is 5.91 Å². The fourth-order valence-electron chi connectivity index (χ4n) is 2.98. The third-order valence-electron chi connectivity index (χ3n) is 4.39. The molecule has 2 aromatic carbocycles. The smallest absolute Gasteiger partial charge is 0.338 e. The summed E-state index contributed by atoms with van der Waals surface area (Å²) in [5.74, 6) is 0.0457. The highest BCUT2D eigenvalue weighted by Gasteiger charge is 2.30. The van der Waals surface area contributed by atoms with Crippen LogP contribution < -0.4 is 0 Å². The van der Waals surface area contributed by atoms with E-state index in [1.165, 1.54) is 23.3 Å². The van der Waals surface area contributed by atoms with Gasteiger partial charge in [0.25, 0.3) is 0 Å². The van der Waals surface area contributed by atoms with E-state index in [1.807, 2.05) is 23.1 Å². The minimum absolute atomic E-state index is 0.0457. The lowest BCUT2D eigenvalue weighted by molar-refractivity contribution is -0.137. The fourth-order valence-corrected chi connectivity index (χ4v) is 2.98. The van der Waals surface area contributed by atoms with Crippen molar-refractivity contribution in [2.45, 2.75) is 32.0 Å². The van der Waals surface area contributed by atoms with Gasteiger partial charge in [-0.3, -0.25) is 4.79 Å². The topological polar surface area (TPSA) is 20.3 Å². The molecule has 0 atom stereocenters. The predicted molar refractivity (Wildman–Crippen MR) is 85.3 cm³/mol. The minimum Gasteiger partial charge on any atom is -0.338 e. The van der Waals surface area contributed by atoms with E-state index in [4.69, 9.17) is 0 Å². The first-order chi connectivity index (χ1) is 11.4. The Morgan fingerprint density at radius 1 is 1.00 bits per heavy atom. The molecule has 0 aromatic heterocycles. The zero-order valence-corrected chi connectivity index (χ0v) is 13.1. The van der Waals surface area contributed by atoms with Gasteiger partial charge in [-0.1, -0.05) is 36.4 Å². The summed E-state index contributed by atoms with van der Waals surface area (Å²) in [4.78, 5) is 14.2. The maximum atomic E-state index is 12.5. The van der Waals surface area contributed by atoms with Gasteiger partial charge >= 0.3 is 6.18 Å². The molecule has 1 aliphatic rings. The number of hydrogen-bond acceptors (Lipinski definition) is 1. The minimum atomic E-state index is -4.32. The average Bonchev–Trinajstić information content (AvgIpc) is 2.59. The maximum Gasteiger partial charge on any atom is 0.416 e. The second-order valence-electron chi connectivity index (χ2n) is 6.03. The highest BCUT2D eigenvalue weighted by molar-refractivity contribution is 5.76. The molecule has 24 heavy (non-hydrogen) atoms. The molecule has 0 fully saturated rings. The van der Waals surface area contributed by atoms with Crippen LogP contribution in [0.25, 0.3) is 0 Å². The average molecular weight is 333 g/mol. The summed E-state index contributed by atoms with van der Waals surface area (Å²) < 4.78 is 37.6. The number of fused-ring (bicyclic) bond motifs is 1. The molecule has 0 N–H and O–H groups in total. The summed E-state index contributed by atoms with van der Waals surface area (Å²) in [5, 5.41) is 0. The lowest BCUT2D eigenvalue weighted by atomic mass is 9.99. The van der Waals surface area contributed by atoms with Crippen molar-refractivity contribution in [1.82, 2.24) is 4.90 Å².